The number of ether oxygens (including phenoxy) is 1. The molecule has 0 N–H and O–H groups in total. The molecule has 4 heteroatoms. The second-order valence-electron chi connectivity index (χ2n) is 3.43. The quantitative estimate of drug-likeness (QED) is 0.779. The van der Waals surface area contributed by atoms with Crippen LogP contribution in [0.15, 0.2) is 28.7 Å². The summed E-state index contributed by atoms with van der Waals surface area (Å²) in [6.45, 7) is 3.81. The first-order valence-electron chi connectivity index (χ1n) is 5.24. The van der Waals surface area contributed by atoms with E-state index in [1.807, 2.05) is 31.2 Å². The lowest BCUT2D eigenvalue weighted by molar-refractivity contribution is 0.0710. The Kier molecular flexibility index (Phi) is 5.49. The number of hydrogen-bond donors (Lipinski definition) is 0. The average molecular weight is 286 g/mol. The van der Waals surface area contributed by atoms with Crippen molar-refractivity contribution in [3.63, 3.8) is 0 Å². The lowest BCUT2D eigenvalue weighted by Crippen LogP contribution is -2.30. The molecule has 1 amide bonds. The van der Waals surface area contributed by atoms with Crippen molar-refractivity contribution in [1.29, 1.82) is 0 Å². The van der Waals surface area contributed by atoms with Gasteiger partial charge in [0, 0.05) is 30.2 Å². The minimum absolute atomic E-state index is 0.0206. The minimum atomic E-state index is 0.0206. The summed E-state index contributed by atoms with van der Waals surface area (Å²) in [6, 6.07) is 7.35. The van der Waals surface area contributed by atoms with E-state index in [0.717, 1.165) is 4.47 Å². The molecule has 1 aromatic rings. The molecule has 0 unspecified atom stereocenters. The molecule has 0 radical (unpaired) electrons. The second kappa shape index (κ2) is 6.66. The zero-order valence-corrected chi connectivity index (χ0v) is 11.2. The van der Waals surface area contributed by atoms with Crippen molar-refractivity contribution in [3.8, 4) is 0 Å². The fourth-order valence-corrected chi connectivity index (χ4v) is 1.52. The van der Waals surface area contributed by atoms with Crippen LogP contribution in [-0.2, 0) is 4.74 Å². The van der Waals surface area contributed by atoms with Gasteiger partial charge in [-0.15, -0.1) is 0 Å². The van der Waals surface area contributed by atoms with Gasteiger partial charge in [0.05, 0.1) is 6.61 Å². The number of benzene rings is 1. The molecular formula is C12H16BrNO2. The maximum Gasteiger partial charge on any atom is 0.253 e. The van der Waals surface area contributed by atoms with E-state index in [1.54, 1.807) is 11.9 Å². The normalized spacial score (nSPS) is 10.2. The average Bonchev–Trinajstić information content (AvgIpc) is 2.29. The number of hydrogen-bond acceptors (Lipinski definition) is 2. The fraction of sp³-hybridized carbons (Fsp3) is 0.417. The molecule has 0 spiro atoms. The Labute approximate surface area is 105 Å². The van der Waals surface area contributed by atoms with Gasteiger partial charge in [0.1, 0.15) is 0 Å². The molecule has 0 atom stereocenters. The van der Waals surface area contributed by atoms with Gasteiger partial charge in [0.15, 0.2) is 0 Å². The Morgan fingerprint density at radius 1 is 1.38 bits per heavy atom. The van der Waals surface area contributed by atoms with Gasteiger partial charge in [-0.1, -0.05) is 15.9 Å². The molecule has 16 heavy (non-hydrogen) atoms. The molecule has 0 saturated heterocycles. The summed E-state index contributed by atoms with van der Waals surface area (Å²) in [5.74, 6) is 0.0206. The second-order valence-corrected chi connectivity index (χ2v) is 4.35. The van der Waals surface area contributed by atoms with Crippen molar-refractivity contribution in [3.05, 3.63) is 34.3 Å². The molecule has 0 aliphatic heterocycles. The summed E-state index contributed by atoms with van der Waals surface area (Å²) in [6.07, 6.45) is 0. The Bertz CT molecular complexity index is 337. The van der Waals surface area contributed by atoms with Crippen LogP contribution in [0.1, 0.15) is 17.3 Å². The number of amides is 1. The highest BCUT2D eigenvalue weighted by Gasteiger charge is 2.10. The molecule has 0 aliphatic carbocycles. The fourth-order valence-electron chi connectivity index (χ4n) is 1.26. The summed E-state index contributed by atoms with van der Waals surface area (Å²) in [5.41, 5.74) is 0.696. The third-order valence-corrected chi connectivity index (χ3v) is 2.74. The summed E-state index contributed by atoms with van der Waals surface area (Å²) in [7, 11) is 1.78. The Morgan fingerprint density at radius 3 is 2.56 bits per heavy atom. The van der Waals surface area contributed by atoms with Crippen LogP contribution in [0.4, 0.5) is 0 Å². The molecule has 0 fully saturated rings. The van der Waals surface area contributed by atoms with E-state index in [0.29, 0.717) is 25.3 Å². The highest BCUT2D eigenvalue weighted by molar-refractivity contribution is 9.10. The van der Waals surface area contributed by atoms with Gasteiger partial charge in [0.2, 0.25) is 0 Å². The van der Waals surface area contributed by atoms with Crippen LogP contribution < -0.4 is 0 Å². The highest BCUT2D eigenvalue weighted by atomic mass is 79.9. The molecule has 1 aromatic carbocycles. The largest absolute Gasteiger partial charge is 0.380 e. The van der Waals surface area contributed by atoms with Crippen LogP contribution in [0.2, 0.25) is 0 Å². The van der Waals surface area contributed by atoms with Crippen LogP contribution in [0.25, 0.3) is 0 Å². The lowest BCUT2D eigenvalue weighted by Gasteiger charge is -2.16. The standard InChI is InChI=1S/C12H16BrNO2/c1-3-16-9-8-14(2)12(15)10-4-6-11(13)7-5-10/h4-7H,3,8-9H2,1-2H3. The van der Waals surface area contributed by atoms with E-state index in [2.05, 4.69) is 15.9 Å². The topological polar surface area (TPSA) is 29.5 Å². The third-order valence-electron chi connectivity index (χ3n) is 2.21. The summed E-state index contributed by atoms with van der Waals surface area (Å²) >= 11 is 3.34. The van der Waals surface area contributed by atoms with E-state index >= 15 is 0 Å². The first-order chi connectivity index (χ1) is 7.65. The van der Waals surface area contributed by atoms with Crippen molar-refractivity contribution < 1.29 is 9.53 Å². The summed E-state index contributed by atoms with van der Waals surface area (Å²) in [4.78, 5) is 13.6. The molecule has 88 valence electrons. The van der Waals surface area contributed by atoms with Crippen LogP contribution in [0.3, 0.4) is 0 Å². The molecule has 0 saturated carbocycles. The molecule has 0 aliphatic rings. The summed E-state index contributed by atoms with van der Waals surface area (Å²) < 4.78 is 6.18. The smallest absolute Gasteiger partial charge is 0.253 e. The van der Waals surface area contributed by atoms with Crippen LogP contribution in [0, 0.1) is 0 Å². The van der Waals surface area contributed by atoms with Gasteiger partial charge >= 0.3 is 0 Å². The lowest BCUT2D eigenvalue weighted by atomic mass is 10.2. The number of carbonyl (C=O) groups is 1. The van der Waals surface area contributed by atoms with Crippen LogP contribution in [-0.4, -0.2) is 37.6 Å². The monoisotopic (exact) mass is 285 g/mol. The number of rotatable bonds is 5. The molecule has 0 heterocycles. The minimum Gasteiger partial charge on any atom is -0.380 e. The van der Waals surface area contributed by atoms with Crippen LogP contribution in [0.5, 0.6) is 0 Å². The number of likely N-dealkylation sites (N-methyl/N-ethyl adjacent to an activating group) is 1. The van der Waals surface area contributed by atoms with Crippen molar-refractivity contribution in [2.24, 2.45) is 0 Å². The first-order valence-corrected chi connectivity index (χ1v) is 6.03. The van der Waals surface area contributed by atoms with E-state index < -0.39 is 0 Å². The van der Waals surface area contributed by atoms with Gasteiger partial charge in [0.25, 0.3) is 5.91 Å². The van der Waals surface area contributed by atoms with Crippen molar-refractivity contribution in [2.45, 2.75) is 6.92 Å². The van der Waals surface area contributed by atoms with E-state index in [1.165, 1.54) is 0 Å². The van der Waals surface area contributed by atoms with Gasteiger partial charge in [-0.25, -0.2) is 0 Å². The van der Waals surface area contributed by atoms with Crippen LogP contribution >= 0.6 is 15.9 Å². The molecule has 0 bridgehead atoms. The van der Waals surface area contributed by atoms with Gasteiger partial charge in [-0.3, -0.25) is 4.79 Å². The maximum atomic E-state index is 11.9. The number of nitrogens with zero attached hydrogens (tertiary/aromatic N) is 1. The molecule has 1 rings (SSSR count). The van der Waals surface area contributed by atoms with Crippen molar-refractivity contribution in [2.75, 3.05) is 26.8 Å². The molecule has 3 nitrogen and oxygen atoms in total. The molecule has 0 aromatic heterocycles. The Hall–Kier alpha value is -0.870. The first kappa shape index (κ1) is 13.2. The zero-order chi connectivity index (χ0) is 12.0. The van der Waals surface area contributed by atoms with Gasteiger partial charge in [-0.2, -0.15) is 0 Å². The SMILES string of the molecule is CCOCCN(C)C(=O)c1ccc(Br)cc1. The predicted molar refractivity (Wildman–Crippen MR) is 67.6 cm³/mol. The number of carbonyl (C=O) groups excluding carboxylic acids is 1. The van der Waals surface area contributed by atoms with Gasteiger partial charge in [-0.05, 0) is 31.2 Å². The van der Waals surface area contributed by atoms with Gasteiger partial charge < -0.3 is 9.64 Å². The Morgan fingerprint density at radius 2 is 2.00 bits per heavy atom. The summed E-state index contributed by atoms with van der Waals surface area (Å²) in [5, 5.41) is 0. The van der Waals surface area contributed by atoms with E-state index in [9.17, 15) is 4.79 Å². The van der Waals surface area contributed by atoms with Crippen molar-refractivity contribution >= 4 is 21.8 Å². The maximum absolute atomic E-state index is 11.9. The van der Waals surface area contributed by atoms with E-state index in [-0.39, 0.29) is 5.91 Å². The Balaban J connectivity index is 2.53. The third kappa shape index (κ3) is 3.94. The van der Waals surface area contributed by atoms with E-state index in [4.69, 9.17) is 4.74 Å². The predicted octanol–water partition coefficient (Wildman–Crippen LogP) is 2.56. The number of halogens is 1. The zero-order valence-electron chi connectivity index (χ0n) is 9.57. The van der Waals surface area contributed by atoms with Crippen molar-refractivity contribution in [1.82, 2.24) is 4.90 Å². The molecular weight excluding hydrogens is 270 g/mol. The highest BCUT2D eigenvalue weighted by Crippen LogP contribution is 2.11.